The number of carbonyl (C=O) groups is 2. The van der Waals surface area contributed by atoms with Crippen molar-refractivity contribution in [1.82, 2.24) is 0 Å². The number of nitrogens with two attached hydrogens (primary N) is 1. The number of fused-ring (bicyclic) bond motifs is 1. The number of nitrogens with zero attached hydrogens (tertiary/aromatic N) is 1. The first-order chi connectivity index (χ1) is 11.1. The first-order valence-electron chi connectivity index (χ1n) is 7.42. The van der Waals surface area contributed by atoms with Crippen LogP contribution in [-0.2, 0) is 16.1 Å². The summed E-state index contributed by atoms with van der Waals surface area (Å²) in [6, 6.07) is 15.2. The third kappa shape index (κ3) is 2.77. The molecule has 23 heavy (non-hydrogen) atoms. The minimum Gasteiger partial charge on any atom is -0.496 e. The number of methoxy groups -OCH3 is 1. The first kappa shape index (κ1) is 15.1. The summed E-state index contributed by atoms with van der Waals surface area (Å²) < 4.78 is 5.38. The average molecular weight is 310 g/mol. The highest BCUT2D eigenvalue weighted by Crippen LogP contribution is 2.45. The number of primary amides is 1. The van der Waals surface area contributed by atoms with Gasteiger partial charge in [0.25, 0.3) is 0 Å². The second-order valence-electron chi connectivity index (χ2n) is 5.53. The second-order valence-corrected chi connectivity index (χ2v) is 5.53. The van der Waals surface area contributed by atoms with Crippen LogP contribution in [0.2, 0.25) is 0 Å². The summed E-state index contributed by atoms with van der Waals surface area (Å²) in [6.07, 6.45) is -0.0164. The number of hydrogen-bond donors (Lipinski definition) is 1. The van der Waals surface area contributed by atoms with Gasteiger partial charge >= 0.3 is 0 Å². The van der Waals surface area contributed by atoms with E-state index in [-0.39, 0.29) is 12.3 Å². The van der Waals surface area contributed by atoms with E-state index in [4.69, 9.17) is 10.5 Å². The van der Waals surface area contributed by atoms with Gasteiger partial charge in [-0.1, -0.05) is 36.4 Å². The summed E-state index contributed by atoms with van der Waals surface area (Å²) in [6.45, 7) is 0.453. The van der Waals surface area contributed by atoms with Crippen LogP contribution in [0.5, 0.6) is 5.75 Å². The molecule has 118 valence electrons. The quantitative estimate of drug-likeness (QED) is 0.920. The van der Waals surface area contributed by atoms with Gasteiger partial charge in [-0.2, -0.15) is 0 Å². The molecule has 2 amide bonds. The summed E-state index contributed by atoms with van der Waals surface area (Å²) >= 11 is 0. The van der Waals surface area contributed by atoms with E-state index in [1.807, 2.05) is 42.5 Å². The fraction of sp³-hybridized carbons (Fsp3) is 0.222. The van der Waals surface area contributed by atoms with Crippen molar-refractivity contribution in [2.45, 2.75) is 18.9 Å². The molecule has 0 aromatic heterocycles. The lowest BCUT2D eigenvalue weighted by molar-refractivity contribution is -0.124. The Morgan fingerprint density at radius 2 is 1.91 bits per heavy atom. The zero-order valence-corrected chi connectivity index (χ0v) is 12.9. The summed E-state index contributed by atoms with van der Waals surface area (Å²) in [5, 5.41) is 0. The molecule has 1 aliphatic rings. The third-order valence-corrected chi connectivity index (χ3v) is 4.06. The Morgan fingerprint density at radius 3 is 2.57 bits per heavy atom. The molecule has 0 bridgehead atoms. The van der Waals surface area contributed by atoms with E-state index in [1.165, 1.54) is 0 Å². The molecule has 0 spiro atoms. The predicted molar refractivity (Wildman–Crippen MR) is 87.2 cm³/mol. The molecule has 2 aromatic rings. The lowest BCUT2D eigenvalue weighted by Gasteiger charge is -2.18. The van der Waals surface area contributed by atoms with Gasteiger partial charge < -0.3 is 15.4 Å². The predicted octanol–water partition coefficient (Wildman–Crippen LogP) is 2.20. The molecule has 1 unspecified atom stereocenters. The van der Waals surface area contributed by atoms with Crippen LogP contribution in [0.1, 0.15) is 23.5 Å². The van der Waals surface area contributed by atoms with Crippen LogP contribution in [0.15, 0.2) is 48.5 Å². The number of amides is 2. The second kappa shape index (κ2) is 6.12. The standard InChI is InChI=1S/C18H18N2O3/c1-23-15-9-5-8-14-17(15)13(10-16(19)21)18(22)20(14)11-12-6-3-2-4-7-12/h2-9,13H,10-11H2,1H3,(H2,19,21). The molecule has 2 aromatic carbocycles. The van der Waals surface area contributed by atoms with E-state index in [1.54, 1.807) is 18.1 Å². The van der Waals surface area contributed by atoms with Crippen LogP contribution in [0, 0.1) is 0 Å². The van der Waals surface area contributed by atoms with Gasteiger partial charge in [-0.3, -0.25) is 9.59 Å². The van der Waals surface area contributed by atoms with Crippen LogP contribution in [0.4, 0.5) is 5.69 Å². The van der Waals surface area contributed by atoms with E-state index in [9.17, 15) is 9.59 Å². The third-order valence-electron chi connectivity index (χ3n) is 4.06. The molecular formula is C18H18N2O3. The molecule has 0 saturated carbocycles. The summed E-state index contributed by atoms with van der Waals surface area (Å²) in [5.41, 5.74) is 7.88. The molecule has 0 radical (unpaired) electrons. The normalized spacial score (nSPS) is 16.3. The topological polar surface area (TPSA) is 72.6 Å². The van der Waals surface area contributed by atoms with Crippen molar-refractivity contribution >= 4 is 17.5 Å². The van der Waals surface area contributed by atoms with Crippen molar-refractivity contribution in [2.75, 3.05) is 12.0 Å². The molecule has 1 heterocycles. The van der Waals surface area contributed by atoms with Gasteiger partial charge in [0.05, 0.1) is 25.3 Å². The number of rotatable bonds is 5. The van der Waals surface area contributed by atoms with Crippen LogP contribution in [-0.4, -0.2) is 18.9 Å². The van der Waals surface area contributed by atoms with Gasteiger partial charge in [0.15, 0.2) is 0 Å². The largest absolute Gasteiger partial charge is 0.496 e. The van der Waals surface area contributed by atoms with Gasteiger partial charge in [-0.25, -0.2) is 0 Å². The van der Waals surface area contributed by atoms with E-state index >= 15 is 0 Å². The van der Waals surface area contributed by atoms with Crippen molar-refractivity contribution in [3.8, 4) is 5.75 Å². The molecule has 0 aliphatic carbocycles. The molecule has 5 heteroatoms. The lowest BCUT2D eigenvalue weighted by Crippen LogP contribution is -2.30. The van der Waals surface area contributed by atoms with E-state index in [0.29, 0.717) is 12.3 Å². The van der Waals surface area contributed by atoms with Gasteiger partial charge in [0.2, 0.25) is 11.8 Å². The van der Waals surface area contributed by atoms with Gasteiger partial charge in [-0.05, 0) is 17.7 Å². The Labute approximate surface area is 134 Å². The Kier molecular flexibility index (Phi) is 4.02. The summed E-state index contributed by atoms with van der Waals surface area (Å²) in [5.74, 6) is -0.589. The molecular weight excluding hydrogens is 292 g/mol. The molecule has 3 rings (SSSR count). The molecule has 0 fully saturated rings. The van der Waals surface area contributed by atoms with Crippen LogP contribution in [0.3, 0.4) is 0 Å². The maximum Gasteiger partial charge on any atom is 0.235 e. The SMILES string of the molecule is COc1cccc2c1C(CC(N)=O)C(=O)N2Cc1ccccc1. The summed E-state index contributed by atoms with van der Waals surface area (Å²) in [4.78, 5) is 25.9. The Bertz CT molecular complexity index is 743. The summed E-state index contributed by atoms with van der Waals surface area (Å²) in [7, 11) is 1.56. The smallest absolute Gasteiger partial charge is 0.235 e. The number of ether oxygens (including phenoxy) is 1. The van der Waals surface area contributed by atoms with Gasteiger partial charge in [0.1, 0.15) is 5.75 Å². The first-order valence-corrected chi connectivity index (χ1v) is 7.42. The number of carbonyl (C=O) groups excluding carboxylic acids is 2. The maximum absolute atomic E-state index is 12.8. The molecule has 5 nitrogen and oxygen atoms in total. The molecule has 1 aliphatic heterocycles. The van der Waals surface area contributed by atoms with E-state index in [2.05, 4.69) is 0 Å². The highest BCUT2D eigenvalue weighted by molar-refractivity contribution is 6.07. The maximum atomic E-state index is 12.8. The van der Waals surface area contributed by atoms with Crippen molar-refractivity contribution in [3.63, 3.8) is 0 Å². The van der Waals surface area contributed by atoms with Crippen molar-refractivity contribution < 1.29 is 14.3 Å². The highest BCUT2D eigenvalue weighted by Gasteiger charge is 2.40. The van der Waals surface area contributed by atoms with Crippen molar-refractivity contribution in [1.29, 1.82) is 0 Å². The molecule has 0 saturated heterocycles. The average Bonchev–Trinajstić information content (AvgIpc) is 2.81. The Balaban J connectivity index is 2.03. The van der Waals surface area contributed by atoms with Gasteiger partial charge in [-0.15, -0.1) is 0 Å². The van der Waals surface area contributed by atoms with E-state index in [0.717, 1.165) is 16.8 Å². The van der Waals surface area contributed by atoms with Gasteiger partial charge in [0, 0.05) is 12.0 Å². The zero-order valence-electron chi connectivity index (χ0n) is 12.9. The number of anilines is 1. The number of benzene rings is 2. The van der Waals surface area contributed by atoms with Crippen molar-refractivity contribution in [2.24, 2.45) is 5.73 Å². The molecule has 1 atom stereocenters. The molecule has 2 N–H and O–H groups in total. The number of hydrogen-bond acceptors (Lipinski definition) is 3. The van der Waals surface area contributed by atoms with Crippen LogP contribution in [0.25, 0.3) is 0 Å². The minimum absolute atomic E-state index is 0.0164. The van der Waals surface area contributed by atoms with E-state index < -0.39 is 11.8 Å². The fourth-order valence-electron chi connectivity index (χ4n) is 3.05. The van der Waals surface area contributed by atoms with Crippen molar-refractivity contribution in [3.05, 3.63) is 59.7 Å². The minimum atomic E-state index is -0.581. The monoisotopic (exact) mass is 310 g/mol. The highest BCUT2D eigenvalue weighted by atomic mass is 16.5. The lowest BCUT2D eigenvalue weighted by atomic mass is 9.96. The Morgan fingerprint density at radius 1 is 1.17 bits per heavy atom. The van der Waals surface area contributed by atoms with Crippen LogP contribution >= 0.6 is 0 Å². The Hall–Kier alpha value is -2.82. The van der Waals surface area contributed by atoms with Crippen LogP contribution < -0.4 is 15.4 Å². The fourth-order valence-corrected chi connectivity index (χ4v) is 3.05. The zero-order chi connectivity index (χ0) is 16.4.